The minimum absolute atomic E-state index is 0.121. The summed E-state index contributed by atoms with van der Waals surface area (Å²) >= 11 is 0. The van der Waals surface area contributed by atoms with E-state index in [1.165, 1.54) is 18.4 Å². The van der Waals surface area contributed by atoms with Crippen LogP contribution in [0.25, 0.3) is 0 Å². The van der Waals surface area contributed by atoms with Crippen LogP contribution in [0.5, 0.6) is 0 Å². The van der Waals surface area contributed by atoms with Gasteiger partial charge in [-0.15, -0.1) is 0 Å². The monoisotopic (exact) mass is 392 g/mol. The molecule has 2 heterocycles. The van der Waals surface area contributed by atoms with Crippen molar-refractivity contribution in [3.05, 3.63) is 64.7 Å². The molecule has 4 heteroatoms. The summed E-state index contributed by atoms with van der Waals surface area (Å²) in [7, 11) is 2.30. The van der Waals surface area contributed by atoms with Crippen LogP contribution in [0.1, 0.15) is 59.7 Å². The predicted octanol–water partition coefficient (Wildman–Crippen LogP) is 5.04. The molecule has 0 spiro atoms. The molecule has 2 saturated heterocycles. The van der Waals surface area contributed by atoms with Gasteiger partial charge in [0.2, 0.25) is 0 Å². The molecule has 2 aliphatic rings. The quantitative estimate of drug-likeness (QED) is 0.724. The highest BCUT2D eigenvalue weighted by molar-refractivity contribution is 5.92. The van der Waals surface area contributed by atoms with Crippen LogP contribution in [0.4, 0.5) is 5.69 Å². The van der Waals surface area contributed by atoms with E-state index in [-0.39, 0.29) is 11.5 Å². The largest absolute Gasteiger partial charge is 0.462 e. The van der Waals surface area contributed by atoms with Crippen molar-refractivity contribution in [2.45, 2.75) is 64.1 Å². The Bertz CT molecular complexity index is 895. The fourth-order valence-corrected chi connectivity index (χ4v) is 5.42. The number of fused-ring (bicyclic) bond motifs is 2. The van der Waals surface area contributed by atoms with Gasteiger partial charge in [-0.05, 0) is 82.3 Å². The molecule has 0 amide bonds. The minimum Gasteiger partial charge on any atom is -0.462 e. The number of carbonyl (C=O) groups is 1. The van der Waals surface area contributed by atoms with Gasteiger partial charge in [0.05, 0.1) is 12.2 Å². The van der Waals surface area contributed by atoms with E-state index in [4.69, 9.17) is 4.74 Å². The molecule has 2 aromatic rings. The zero-order valence-electron chi connectivity index (χ0n) is 18.0. The second-order valence-electron chi connectivity index (χ2n) is 8.61. The van der Waals surface area contributed by atoms with Crippen molar-refractivity contribution in [3.63, 3.8) is 0 Å². The van der Waals surface area contributed by atoms with Crippen molar-refractivity contribution in [3.8, 4) is 0 Å². The van der Waals surface area contributed by atoms with E-state index >= 15 is 0 Å². The molecule has 3 atom stereocenters. The van der Waals surface area contributed by atoms with Gasteiger partial charge in [0.25, 0.3) is 0 Å². The lowest BCUT2D eigenvalue weighted by Gasteiger charge is -2.47. The van der Waals surface area contributed by atoms with Crippen LogP contribution in [0.15, 0.2) is 42.5 Å². The van der Waals surface area contributed by atoms with Gasteiger partial charge in [-0.2, -0.15) is 0 Å². The lowest BCUT2D eigenvalue weighted by molar-refractivity contribution is 0.0525. The SMILES string of the molecule is CCOC(=O)c1ccc(NC2CC3CCC(c4ccccc4)(C2)N3C)c(C)c1C. The topological polar surface area (TPSA) is 41.6 Å². The van der Waals surface area contributed by atoms with Crippen LogP contribution in [-0.4, -0.2) is 36.6 Å². The van der Waals surface area contributed by atoms with E-state index < -0.39 is 0 Å². The molecule has 1 N–H and O–H groups in total. The molecule has 3 unspecified atom stereocenters. The summed E-state index contributed by atoms with van der Waals surface area (Å²) < 4.78 is 5.20. The highest BCUT2D eigenvalue weighted by atomic mass is 16.5. The Labute approximate surface area is 174 Å². The molecule has 0 saturated carbocycles. The molecule has 2 bridgehead atoms. The number of nitrogens with one attached hydrogen (secondary N) is 1. The Kier molecular flexibility index (Phi) is 5.39. The first-order chi connectivity index (χ1) is 14.0. The molecule has 4 nitrogen and oxygen atoms in total. The molecule has 0 aromatic heterocycles. The standard InChI is InChI=1S/C25H32N2O2/c1-5-29-24(28)22-11-12-23(18(3)17(22)2)26-20-15-21-13-14-25(16-20,27(21)4)19-9-7-6-8-10-19/h6-12,20-21,26H,5,13-16H2,1-4H3. The maximum Gasteiger partial charge on any atom is 0.338 e. The molecule has 154 valence electrons. The molecule has 2 aromatic carbocycles. The van der Waals surface area contributed by atoms with E-state index in [0.717, 1.165) is 29.7 Å². The molecule has 2 fully saturated rings. The Balaban J connectivity index is 1.58. The number of ether oxygens (including phenoxy) is 1. The van der Waals surface area contributed by atoms with Crippen molar-refractivity contribution in [2.24, 2.45) is 0 Å². The second kappa shape index (κ2) is 7.83. The van der Waals surface area contributed by atoms with Crippen LogP contribution in [-0.2, 0) is 10.3 Å². The lowest BCUT2D eigenvalue weighted by Crippen LogP contribution is -2.51. The third-order valence-electron chi connectivity index (χ3n) is 7.21. The van der Waals surface area contributed by atoms with Gasteiger partial charge in [0.1, 0.15) is 0 Å². The number of esters is 1. The number of benzene rings is 2. The number of hydrogen-bond acceptors (Lipinski definition) is 4. The summed E-state index contributed by atoms with van der Waals surface area (Å²) in [5, 5.41) is 3.83. The maximum absolute atomic E-state index is 12.2. The first kappa shape index (κ1) is 20.0. The predicted molar refractivity (Wildman–Crippen MR) is 117 cm³/mol. The molecule has 2 aliphatic heterocycles. The zero-order valence-corrected chi connectivity index (χ0v) is 18.0. The minimum atomic E-state index is -0.236. The Morgan fingerprint density at radius 3 is 2.66 bits per heavy atom. The first-order valence-corrected chi connectivity index (χ1v) is 10.8. The summed E-state index contributed by atoms with van der Waals surface area (Å²) in [5.74, 6) is -0.236. The summed E-state index contributed by atoms with van der Waals surface area (Å²) in [6.07, 6.45) is 4.73. The average molecular weight is 393 g/mol. The number of anilines is 1. The van der Waals surface area contributed by atoms with Gasteiger partial charge in [0, 0.05) is 23.3 Å². The van der Waals surface area contributed by atoms with Crippen molar-refractivity contribution in [1.82, 2.24) is 4.90 Å². The third kappa shape index (κ3) is 3.44. The fraction of sp³-hybridized carbons (Fsp3) is 0.480. The van der Waals surface area contributed by atoms with Gasteiger partial charge < -0.3 is 10.1 Å². The number of hydrogen-bond donors (Lipinski definition) is 1. The number of carbonyl (C=O) groups excluding carboxylic acids is 1. The highest BCUT2D eigenvalue weighted by Crippen LogP contribution is 2.50. The second-order valence-corrected chi connectivity index (χ2v) is 8.61. The maximum atomic E-state index is 12.2. The smallest absolute Gasteiger partial charge is 0.338 e. The summed E-state index contributed by atoms with van der Waals surface area (Å²) in [4.78, 5) is 14.8. The Morgan fingerprint density at radius 1 is 1.17 bits per heavy atom. The molecule has 0 radical (unpaired) electrons. The Morgan fingerprint density at radius 2 is 1.93 bits per heavy atom. The summed E-state index contributed by atoms with van der Waals surface area (Å²) in [5.41, 5.74) is 5.49. The van der Waals surface area contributed by atoms with E-state index in [1.807, 2.05) is 26.0 Å². The van der Waals surface area contributed by atoms with Crippen molar-refractivity contribution >= 4 is 11.7 Å². The summed E-state index contributed by atoms with van der Waals surface area (Å²) in [6, 6.07) is 16.0. The van der Waals surface area contributed by atoms with E-state index in [0.29, 0.717) is 24.3 Å². The van der Waals surface area contributed by atoms with Gasteiger partial charge in [-0.1, -0.05) is 30.3 Å². The third-order valence-corrected chi connectivity index (χ3v) is 7.21. The summed E-state index contributed by atoms with van der Waals surface area (Å²) in [6.45, 7) is 6.34. The van der Waals surface area contributed by atoms with Gasteiger partial charge in [-0.3, -0.25) is 4.90 Å². The van der Waals surface area contributed by atoms with Crippen LogP contribution in [0, 0.1) is 13.8 Å². The Hall–Kier alpha value is -2.33. The van der Waals surface area contributed by atoms with Crippen LogP contribution < -0.4 is 5.32 Å². The van der Waals surface area contributed by atoms with Crippen LogP contribution >= 0.6 is 0 Å². The number of rotatable bonds is 5. The van der Waals surface area contributed by atoms with Crippen molar-refractivity contribution < 1.29 is 9.53 Å². The number of piperidine rings is 1. The van der Waals surface area contributed by atoms with Gasteiger partial charge >= 0.3 is 5.97 Å². The highest BCUT2D eigenvalue weighted by Gasteiger charge is 2.50. The first-order valence-electron chi connectivity index (χ1n) is 10.8. The molecular weight excluding hydrogens is 360 g/mol. The van der Waals surface area contributed by atoms with Gasteiger partial charge in [0.15, 0.2) is 0 Å². The van der Waals surface area contributed by atoms with Gasteiger partial charge in [-0.25, -0.2) is 4.79 Å². The van der Waals surface area contributed by atoms with Crippen molar-refractivity contribution in [2.75, 3.05) is 19.0 Å². The van der Waals surface area contributed by atoms with E-state index in [2.05, 4.69) is 54.5 Å². The van der Waals surface area contributed by atoms with E-state index in [1.54, 1.807) is 0 Å². The lowest BCUT2D eigenvalue weighted by atomic mass is 9.79. The molecule has 4 rings (SSSR count). The zero-order chi connectivity index (χ0) is 20.6. The normalized spacial score (nSPS) is 26.3. The molecule has 0 aliphatic carbocycles. The molecule has 29 heavy (non-hydrogen) atoms. The average Bonchev–Trinajstić information content (AvgIpc) is 2.91. The number of nitrogens with zero attached hydrogens (tertiary/aromatic N) is 1. The molecular formula is C25H32N2O2. The van der Waals surface area contributed by atoms with E-state index in [9.17, 15) is 4.79 Å². The van der Waals surface area contributed by atoms with Crippen LogP contribution in [0.3, 0.4) is 0 Å². The van der Waals surface area contributed by atoms with Crippen LogP contribution in [0.2, 0.25) is 0 Å². The fourth-order valence-electron chi connectivity index (χ4n) is 5.42. The van der Waals surface area contributed by atoms with Crippen molar-refractivity contribution in [1.29, 1.82) is 0 Å².